The van der Waals surface area contributed by atoms with Crippen LogP contribution in [0.25, 0.3) is 0 Å². The molecule has 0 fully saturated rings. The Bertz CT molecular complexity index is 605. The minimum absolute atomic E-state index is 0.00991. The van der Waals surface area contributed by atoms with Crippen molar-refractivity contribution in [3.63, 3.8) is 0 Å². The van der Waals surface area contributed by atoms with Crippen LogP contribution in [0, 0.1) is 6.92 Å². The standard InChI is InChI=1S/C14H11NO2/c1-9-4-2-5-11-13(16)10-6-3-7-15-12(10)8-17-14(9)11/h2-7H,8H2,1H3. The Hall–Kier alpha value is -2.16. The van der Waals surface area contributed by atoms with Crippen LogP contribution in [-0.2, 0) is 6.61 Å². The molecule has 2 heterocycles. The fourth-order valence-corrected chi connectivity index (χ4v) is 2.07. The first kappa shape index (κ1) is 10.0. The van der Waals surface area contributed by atoms with E-state index in [0.29, 0.717) is 29.2 Å². The van der Waals surface area contributed by atoms with Crippen molar-refractivity contribution in [3.8, 4) is 5.75 Å². The highest BCUT2D eigenvalue weighted by atomic mass is 16.5. The molecule has 1 aliphatic heterocycles. The summed E-state index contributed by atoms with van der Waals surface area (Å²) < 4.78 is 5.69. The number of ether oxygens (including phenoxy) is 1. The lowest BCUT2D eigenvalue weighted by atomic mass is 10.0. The Balaban J connectivity index is 2.24. The molecule has 2 aromatic rings. The van der Waals surface area contributed by atoms with E-state index in [1.54, 1.807) is 24.4 Å². The van der Waals surface area contributed by atoms with E-state index in [4.69, 9.17) is 4.74 Å². The summed E-state index contributed by atoms with van der Waals surface area (Å²) in [6.45, 7) is 2.29. The lowest BCUT2D eigenvalue weighted by Crippen LogP contribution is -2.04. The van der Waals surface area contributed by atoms with Gasteiger partial charge in [-0.3, -0.25) is 9.78 Å². The lowest BCUT2D eigenvalue weighted by molar-refractivity contribution is 0.103. The fourth-order valence-electron chi connectivity index (χ4n) is 2.07. The van der Waals surface area contributed by atoms with Crippen molar-refractivity contribution in [2.45, 2.75) is 13.5 Å². The van der Waals surface area contributed by atoms with Crippen molar-refractivity contribution < 1.29 is 9.53 Å². The number of pyridine rings is 1. The van der Waals surface area contributed by atoms with Crippen LogP contribution in [0.3, 0.4) is 0 Å². The van der Waals surface area contributed by atoms with Gasteiger partial charge in [0.2, 0.25) is 0 Å². The van der Waals surface area contributed by atoms with Crippen LogP contribution >= 0.6 is 0 Å². The number of ketones is 1. The van der Waals surface area contributed by atoms with E-state index in [1.165, 1.54) is 0 Å². The molecule has 1 aromatic heterocycles. The van der Waals surface area contributed by atoms with E-state index < -0.39 is 0 Å². The van der Waals surface area contributed by atoms with Gasteiger partial charge in [0.1, 0.15) is 12.4 Å². The summed E-state index contributed by atoms with van der Waals surface area (Å²) in [5.41, 5.74) is 2.94. The molecule has 0 bridgehead atoms. The third kappa shape index (κ3) is 1.51. The summed E-state index contributed by atoms with van der Waals surface area (Å²) in [5.74, 6) is 0.666. The first-order valence-corrected chi connectivity index (χ1v) is 5.48. The highest BCUT2D eigenvalue weighted by Gasteiger charge is 2.23. The molecule has 0 atom stereocenters. The minimum atomic E-state index is -0.00991. The fraction of sp³-hybridized carbons (Fsp3) is 0.143. The normalized spacial score (nSPS) is 13.4. The van der Waals surface area contributed by atoms with Crippen LogP contribution < -0.4 is 4.74 Å². The number of carbonyl (C=O) groups is 1. The maximum absolute atomic E-state index is 12.4. The average Bonchev–Trinajstić information content (AvgIpc) is 2.50. The molecule has 0 saturated carbocycles. The molecule has 0 aliphatic carbocycles. The Morgan fingerprint density at radius 2 is 2.00 bits per heavy atom. The van der Waals surface area contributed by atoms with E-state index in [9.17, 15) is 4.79 Å². The zero-order valence-electron chi connectivity index (χ0n) is 9.43. The maximum Gasteiger partial charge on any atom is 0.198 e. The Morgan fingerprint density at radius 1 is 1.18 bits per heavy atom. The molecule has 0 N–H and O–H groups in total. The molecule has 0 saturated heterocycles. The zero-order chi connectivity index (χ0) is 11.8. The van der Waals surface area contributed by atoms with E-state index in [1.807, 2.05) is 19.1 Å². The summed E-state index contributed by atoms with van der Waals surface area (Å²) >= 11 is 0. The van der Waals surface area contributed by atoms with Crippen molar-refractivity contribution in [3.05, 3.63) is 58.9 Å². The van der Waals surface area contributed by atoms with E-state index in [2.05, 4.69) is 4.98 Å². The van der Waals surface area contributed by atoms with Crippen molar-refractivity contribution in [2.75, 3.05) is 0 Å². The van der Waals surface area contributed by atoms with Crippen molar-refractivity contribution in [2.24, 2.45) is 0 Å². The van der Waals surface area contributed by atoms with Gasteiger partial charge in [0.15, 0.2) is 5.78 Å². The predicted molar refractivity (Wildman–Crippen MR) is 63.2 cm³/mol. The van der Waals surface area contributed by atoms with Crippen LogP contribution in [0.1, 0.15) is 27.2 Å². The van der Waals surface area contributed by atoms with Crippen LogP contribution in [0.4, 0.5) is 0 Å². The lowest BCUT2D eigenvalue weighted by Gasteiger charge is -2.08. The number of nitrogens with zero attached hydrogens (tertiary/aromatic N) is 1. The van der Waals surface area contributed by atoms with Gasteiger partial charge in [-0.2, -0.15) is 0 Å². The third-order valence-corrected chi connectivity index (χ3v) is 2.94. The topological polar surface area (TPSA) is 39.2 Å². The van der Waals surface area contributed by atoms with Crippen molar-refractivity contribution >= 4 is 5.78 Å². The number of aromatic nitrogens is 1. The van der Waals surface area contributed by atoms with E-state index in [-0.39, 0.29) is 5.78 Å². The number of rotatable bonds is 0. The van der Waals surface area contributed by atoms with Gasteiger partial charge in [-0.1, -0.05) is 12.1 Å². The molecule has 0 spiro atoms. The number of hydrogen-bond donors (Lipinski definition) is 0. The maximum atomic E-state index is 12.4. The molecule has 0 radical (unpaired) electrons. The summed E-state index contributed by atoms with van der Waals surface area (Å²) in [6.07, 6.45) is 1.68. The Morgan fingerprint density at radius 3 is 2.88 bits per heavy atom. The van der Waals surface area contributed by atoms with Crippen molar-refractivity contribution in [1.82, 2.24) is 4.98 Å². The molecule has 0 unspecified atom stereocenters. The van der Waals surface area contributed by atoms with Crippen molar-refractivity contribution in [1.29, 1.82) is 0 Å². The molecule has 3 nitrogen and oxygen atoms in total. The largest absolute Gasteiger partial charge is 0.486 e. The smallest absolute Gasteiger partial charge is 0.198 e. The van der Waals surface area contributed by atoms with Crippen LogP contribution in [0.15, 0.2) is 36.5 Å². The van der Waals surface area contributed by atoms with Gasteiger partial charge >= 0.3 is 0 Å². The molecule has 1 aromatic carbocycles. The SMILES string of the molecule is Cc1cccc2c1OCc1ncccc1C2=O. The number of aryl methyl sites for hydroxylation is 1. The first-order chi connectivity index (χ1) is 8.27. The monoisotopic (exact) mass is 225 g/mol. The van der Waals surface area contributed by atoms with Gasteiger partial charge in [0.05, 0.1) is 11.3 Å². The van der Waals surface area contributed by atoms with E-state index in [0.717, 1.165) is 5.56 Å². The Kier molecular flexibility index (Phi) is 2.18. The number of hydrogen-bond acceptors (Lipinski definition) is 3. The summed E-state index contributed by atoms with van der Waals surface area (Å²) in [4.78, 5) is 16.6. The number of para-hydroxylation sites is 1. The van der Waals surface area contributed by atoms with Gasteiger partial charge < -0.3 is 4.74 Å². The second-order valence-corrected chi connectivity index (χ2v) is 4.07. The average molecular weight is 225 g/mol. The molecule has 0 amide bonds. The second kappa shape index (κ2) is 3.70. The molecule has 3 rings (SSSR count). The van der Waals surface area contributed by atoms with Gasteiger partial charge in [-0.25, -0.2) is 0 Å². The third-order valence-electron chi connectivity index (χ3n) is 2.94. The molecule has 1 aliphatic rings. The zero-order valence-corrected chi connectivity index (χ0v) is 9.43. The molecule has 3 heteroatoms. The van der Waals surface area contributed by atoms with Gasteiger partial charge in [-0.05, 0) is 30.7 Å². The highest BCUT2D eigenvalue weighted by molar-refractivity contribution is 6.11. The quantitative estimate of drug-likeness (QED) is 0.691. The van der Waals surface area contributed by atoms with Gasteiger partial charge in [0, 0.05) is 11.8 Å². The molecular formula is C14H11NO2. The summed E-state index contributed by atoms with van der Waals surface area (Å²) in [5, 5.41) is 0. The summed E-state index contributed by atoms with van der Waals surface area (Å²) in [6, 6.07) is 9.18. The molecule has 84 valence electrons. The highest BCUT2D eigenvalue weighted by Crippen LogP contribution is 2.30. The summed E-state index contributed by atoms with van der Waals surface area (Å²) in [7, 11) is 0. The second-order valence-electron chi connectivity index (χ2n) is 4.07. The van der Waals surface area contributed by atoms with Gasteiger partial charge in [-0.15, -0.1) is 0 Å². The number of benzene rings is 1. The van der Waals surface area contributed by atoms with Crippen LogP contribution in [0.2, 0.25) is 0 Å². The first-order valence-electron chi connectivity index (χ1n) is 5.48. The van der Waals surface area contributed by atoms with E-state index >= 15 is 0 Å². The number of fused-ring (bicyclic) bond motifs is 2. The molecular weight excluding hydrogens is 214 g/mol. The predicted octanol–water partition coefficient (Wildman–Crippen LogP) is 2.51. The van der Waals surface area contributed by atoms with Crippen LogP contribution in [-0.4, -0.2) is 10.8 Å². The molecule has 17 heavy (non-hydrogen) atoms. The van der Waals surface area contributed by atoms with Gasteiger partial charge in [0.25, 0.3) is 0 Å². The van der Waals surface area contributed by atoms with Crippen LogP contribution in [0.5, 0.6) is 5.75 Å². The Labute approximate surface area is 99.1 Å². The number of carbonyl (C=O) groups excluding carboxylic acids is 1. The minimum Gasteiger partial charge on any atom is -0.486 e.